The standard InChI is InChI=1S/C22H20FNO2/c1-13-4-2-3-5-17(13)18-12-21(26)24-19-10-15(11-20(25)22(18)19)14-6-8-16(23)9-7-14/h2-9,15,18H,10-12H2,1H3,(H,24,26)/t15-,18+/m1/s1. The van der Waals surface area contributed by atoms with Crippen LogP contribution < -0.4 is 5.32 Å². The van der Waals surface area contributed by atoms with E-state index in [9.17, 15) is 14.0 Å². The van der Waals surface area contributed by atoms with Gasteiger partial charge in [-0.15, -0.1) is 0 Å². The molecule has 1 aliphatic heterocycles. The molecule has 1 aliphatic carbocycles. The highest BCUT2D eigenvalue weighted by atomic mass is 19.1. The van der Waals surface area contributed by atoms with Gasteiger partial charge in [0.25, 0.3) is 0 Å². The van der Waals surface area contributed by atoms with E-state index in [2.05, 4.69) is 5.32 Å². The van der Waals surface area contributed by atoms with Crippen LogP contribution in [0.3, 0.4) is 0 Å². The first kappa shape index (κ1) is 16.7. The Balaban J connectivity index is 1.73. The van der Waals surface area contributed by atoms with Crippen LogP contribution in [0, 0.1) is 12.7 Å². The average molecular weight is 349 g/mol. The van der Waals surface area contributed by atoms with Crippen LogP contribution in [0.2, 0.25) is 0 Å². The summed E-state index contributed by atoms with van der Waals surface area (Å²) in [5.74, 6) is -0.473. The van der Waals surface area contributed by atoms with E-state index in [-0.39, 0.29) is 29.3 Å². The molecule has 1 amide bonds. The van der Waals surface area contributed by atoms with Crippen LogP contribution in [-0.4, -0.2) is 11.7 Å². The highest BCUT2D eigenvalue weighted by molar-refractivity contribution is 6.02. The number of allylic oxidation sites excluding steroid dienone is 2. The van der Waals surface area contributed by atoms with Gasteiger partial charge in [0.15, 0.2) is 5.78 Å². The zero-order valence-corrected chi connectivity index (χ0v) is 14.6. The van der Waals surface area contributed by atoms with E-state index in [0.29, 0.717) is 19.3 Å². The average Bonchev–Trinajstić information content (AvgIpc) is 2.61. The third kappa shape index (κ3) is 2.96. The van der Waals surface area contributed by atoms with Crippen molar-refractivity contribution in [2.45, 2.75) is 38.0 Å². The Labute approximate surface area is 151 Å². The van der Waals surface area contributed by atoms with Gasteiger partial charge in [-0.3, -0.25) is 9.59 Å². The lowest BCUT2D eigenvalue weighted by molar-refractivity contribution is -0.122. The Bertz CT molecular complexity index is 914. The second-order valence-corrected chi connectivity index (χ2v) is 7.13. The van der Waals surface area contributed by atoms with Crippen molar-refractivity contribution in [1.82, 2.24) is 5.32 Å². The molecule has 0 radical (unpaired) electrons. The Hall–Kier alpha value is -2.75. The predicted octanol–water partition coefficient (Wildman–Crippen LogP) is 4.14. The topological polar surface area (TPSA) is 46.2 Å². The maximum atomic E-state index is 13.2. The minimum absolute atomic E-state index is 0.0298. The van der Waals surface area contributed by atoms with Crippen LogP contribution in [0.4, 0.5) is 4.39 Å². The van der Waals surface area contributed by atoms with Crippen molar-refractivity contribution >= 4 is 11.7 Å². The van der Waals surface area contributed by atoms with Crippen LogP contribution in [-0.2, 0) is 9.59 Å². The molecule has 0 saturated heterocycles. The van der Waals surface area contributed by atoms with Crippen molar-refractivity contribution in [3.05, 3.63) is 82.3 Å². The molecule has 1 N–H and O–H groups in total. The molecule has 2 aromatic rings. The van der Waals surface area contributed by atoms with Crippen molar-refractivity contribution in [1.29, 1.82) is 0 Å². The monoisotopic (exact) mass is 349 g/mol. The molecule has 2 aromatic carbocycles. The number of ketones is 1. The summed E-state index contributed by atoms with van der Waals surface area (Å²) in [7, 11) is 0. The number of Topliss-reactive ketones (excluding diaryl/α,β-unsaturated/α-hetero) is 1. The molecule has 4 heteroatoms. The molecule has 132 valence electrons. The summed E-state index contributed by atoms with van der Waals surface area (Å²) in [4.78, 5) is 25.3. The van der Waals surface area contributed by atoms with Gasteiger partial charge in [-0.1, -0.05) is 36.4 Å². The number of amides is 1. The highest BCUT2D eigenvalue weighted by Gasteiger charge is 2.38. The number of benzene rings is 2. The molecule has 3 nitrogen and oxygen atoms in total. The highest BCUT2D eigenvalue weighted by Crippen LogP contribution is 2.43. The van der Waals surface area contributed by atoms with Crippen molar-refractivity contribution in [3.8, 4) is 0 Å². The van der Waals surface area contributed by atoms with Gasteiger partial charge in [0.2, 0.25) is 5.91 Å². The summed E-state index contributed by atoms with van der Waals surface area (Å²) >= 11 is 0. The Morgan fingerprint density at radius 3 is 2.42 bits per heavy atom. The minimum Gasteiger partial charge on any atom is -0.329 e. The number of rotatable bonds is 2. The molecule has 26 heavy (non-hydrogen) atoms. The number of nitrogens with one attached hydrogen (secondary N) is 1. The van der Waals surface area contributed by atoms with Gasteiger partial charge >= 0.3 is 0 Å². The summed E-state index contributed by atoms with van der Waals surface area (Å²) in [6.07, 6.45) is 1.29. The molecule has 0 aromatic heterocycles. The number of carbonyl (C=O) groups is 2. The molecule has 4 rings (SSSR count). The largest absolute Gasteiger partial charge is 0.329 e. The van der Waals surface area contributed by atoms with E-state index >= 15 is 0 Å². The van der Waals surface area contributed by atoms with E-state index in [1.165, 1.54) is 12.1 Å². The SMILES string of the molecule is Cc1ccccc1[C@@H]1CC(=O)NC2=C1C(=O)C[C@H](c1ccc(F)cc1)C2. The second kappa shape index (κ2) is 6.52. The number of hydrogen-bond donors (Lipinski definition) is 1. The van der Waals surface area contributed by atoms with E-state index in [4.69, 9.17) is 0 Å². The van der Waals surface area contributed by atoms with Gasteiger partial charge in [0.1, 0.15) is 5.82 Å². The molecular weight excluding hydrogens is 329 g/mol. The van der Waals surface area contributed by atoms with E-state index in [0.717, 1.165) is 28.0 Å². The molecule has 0 fully saturated rings. The summed E-state index contributed by atoms with van der Waals surface area (Å²) < 4.78 is 13.2. The van der Waals surface area contributed by atoms with Gasteiger partial charge < -0.3 is 5.32 Å². The quantitative estimate of drug-likeness (QED) is 0.886. The zero-order chi connectivity index (χ0) is 18.3. The first-order chi connectivity index (χ1) is 12.5. The number of carbonyl (C=O) groups excluding carboxylic acids is 2. The van der Waals surface area contributed by atoms with Crippen LogP contribution in [0.15, 0.2) is 59.8 Å². The number of hydrogen-bond acceptors (Lipinski definition) is 2. The molecule has 0 saturated carbocycles. The fraction of sp³-hybridized carbons (Fsp3) is 0.273. The van der Waals surface area contributed by atoms with Crippen LogP contribution in [0.1, 0.15) is 47.8 Å². The zero-order valence-electron chi connectivity index (χ0n) is 14.6. The molecule has 2 aliphatic rings. The summed E-state index contributed by atoms with van der Waals surface area (Å²) in [6, 6.07) is 14.2. The van der Waals surface area contributed by atoms with Crippen LogP contribution in [0.5, 0.6) is 0 Å². The van der Waals surface area contributed by atoms with Crippen molar-refractivity contribution in [2.75, 3.05) is 0 Å². The third-order valence-corrected chi connectivity index (χ3v) is 5.44. The van der Waals surface area contributed by atoms with Crippen molar-refractivity contribution in [2.24, 2.45) is 0 Å². The van der Waals surface area contributed by atoms with Gasteiger partial charge in [0, 0.05) is 30.0 Å². The Morgan fingerprint density at radius 1 is 0.962 bits per heavy atom. The van der Waals surface area contributed by atoms with Gasteiger partial charge in [0.05, 0.1) is 0 Å². The Kier molecular flexibility index (Phi) is 4.19. The normalized spacial score (nSPS) is 22.8. The first-order valence-corrected chi connectivity index (χ1v) is 8.90. The van der Waals surface area contributed by atoms with E-state index in [1.807, 2.05) is 31.2 Å². The maximum absolute atomic E-state index is 13.2. The summed E-state index contributed by atoms with van der Waals surface area (Å²) in [6.45, 7) is 2.01. The number of halogens is 1. The van der Waals surface area contributed by atoms with Gasteiger partial charge in [-0.25, -0.2) is 4.39 Å². The van der Waals surface area contributed by atoms with E-state index < -0.39 is 0 Å². The lowest BCUT2D eigenvalue weighted by Gasteiger charge is -2.35. The lowest BCUT2D eigenvalue weighted by atomic mass is 9.73. The second-order valence-electron chi connectivity index (χ2n) is 7.13. The summed E-state index contributed by atoms with van der Waals surface area (Å²) in [5.41, 5.74) is 4.55. The fourth-order valence-corrected chi connectivity index (χ4v) is 4.17. The summed E-state index contributed by atoms with van der Waals surface area (Å²) in [5, 5.41) is 2.92. The maximum Gasteiger partial charge on any atom is 0.225 e. The lowest BCUT2D eigenvalue weighted by Crippen LogP contribution is -2.38. The minimum atomic E-state index is -0.290. The number of aryl methyl sites for hydroxylation is 1. The molecule has 2 atom stereocenters. The predicted molar refractivity (Wildman–Crippen MR) is 97.1 cm³/mol. The Morgan fingerprint density at radius 2 is 1.69 bits per heavy atom. The first-order valence-electron chi connectivity index (χ1n) is 8.90. The molecule has 0 unspecified atom stereocenters. The van der Waals surface area contributed by atoms with E-state index in [1.54, 1.807) is 12.1 Å². The molecule has 1 heterocycles. The van der Waals surface area contributed by atoms with Crippen LogP contribution in [0.25, 0.3) is 0 Å². The van der Waals surface area contributed by atoms with Crippen molar-refractivity contribution in [3.63, 3.8) is 0 Å². The van der Waals surface area contributed by atoms with Crippen LogP contribution >= 0.6 is 0 Å². The fourth-order valence-electron chi connectivity index (χ4n) is 4.17. The molecular formula is C22H20FNO2. The third-order valence-electron chi connectivity index (χ3n) is 5.44. The molecule has 0 spiro atoms. The van der Waals surface area contributed by atoms with Gasteiger partial charge in [-0.05, 0) is 48.1 Å². The molecule has 0 bridgehead atoms. The van der Waals surface area contributed by atoms with Crippen molar-refractivity contribution < 1.29 is 14.0 Å². The smallest absolute Gasteiger partial charge is 0.225 e. The van der Waals surface area contributed by atoms with Gasteiger partial charge in [-0.2, -0.15) is 0 Å².